The maximum absolute atomic E-state index is 13.3. The lowest BCUT2D eigenvalue weighted by Gasteiger charge is -2.18. The lowest BCUT2D eigenvalue weighted by atomic mass is 10.2. The van der Waals surface area contributed by atoms with Gasteiger partial charge in [0.15, 0.2) is 11.2 Å². The van der Waals surface area contributed by atoms with Gasteiger partial charge in [-0.15, -0.1) is 0 Å². The molecule has 0 aliphatic carbocycles. The number of likely N-dealkylation sites (N-methyl/N-ethyl adjacent to an activating group) is 1. The predicted octanol–water partition coefficient (Wildman–Crippen LogP) is 2.15. The molecule has 0 radical (unpaired) electrons. The van der Waals surface area contributed by atoms with Crippen LogP contribution in [0.15, 0.2) is 63.1 Å². The first kappa shape index (κ1) is 20.8. The number of carbonyl (C=O) groups excluding carboxylic acids is 1. The molecular formula is C22H23N5O3S. The van der Waals surface area contributed by atoms with E-state index in [2.05, 4.69) is 4.98 Å². The number of aryl methyl sites for hydroxylation is 1. The summed E-state index contributed by atoms with van der Waals surface area (Å²) >= 11 is 1.56. The van der Waals surface area contributed by atoms with Gasteiger partial charge in [0.2, 0.25) is 5.91 Å². The summed E-state index contributed by atoms with van der Waals surface area (Å²) in [6.45, 7) is 2.79. The Hall–Kier alpha value is -3.46. The summed E-state index contributed by atoms with van der Waals surface area (Å²) in [5, 5.41) is 3.91. The van der Waals surface area contributed by atoms with Gasteiger partial charge < -0.3 is 9.47 Å². The number of rotatable bonds is 7. The van der Waals surface area contributed by atoms with Gasteiger partial charge in [-0.05, 0) is 34.9 Å². The molecule has 0 N–H and O–H groups in total. The van der Waals surface area contributed by atoms with E-state index < -0.39 is 11.2 Å². The van der Waals surface area contributed by atoms with Gasteiger partial charge in [0, 0.05) is 20.1 Å². The van der Waals surface area contributed by atoms with E-state index in [1.165, 1.54) is 9.47 Å². The Kier molecular flexibility index (Phi) is 5.85. The van der Waals surface area contributed by atoms with Crippen molar-refractivity contribution in [3.63, 3.8) is 0 Å². The molecule has 0 aliphatic rings. The van der Waals surface area contributed by atoms with Crippen molar-refractivity contribution in [2.75, 3.05) is 7.05 Å². The van der Waals surface area contributed by atoms with Crippen molar-refractivity contribution in [3.05, 3.63) is 85.5 Å². The van der Waals surface area contributed by atoms with Crippen molar-refractivity contribution < 1.29 is 4.79 Å². The fourth-order valence-corrected chi connectivity index (χ4v) is 4.19. The minimum absolute atomic E-state index is 0.260. The summed E-state index contributed by atoms with van der Waals surface area (Å²) in [6.07, 6.45) is 1.56. The van der Waals surface area contributed by atoms with Gasteiger partial charge in [-0.3, -0.25) is 14.2 Å². The number of hydrogen-bond acceptors (Lipinski definition) is 5. The van der Waals surface area contributed by atoms with E-state index in [9.17, 15) is 14.4 Å². The average molecular weight is 438 g/mol. The third-order valence-electron chi connectivity index (χ3n) is 5.23. The van der Waals surface area contributed by atoms with Crippen LogP contribution in [0.5, 0.6) is 0 Å². The molecular weight excluding hydrogens is 414 g/mol. The molecule has 3 heterocycles. The zero-order chi connectivity index (χ0) is 22.0. The van der Waals surface area contributed by atoms with Crippen LogP contribution in [0.4, 0.5) is 0 Å². The Morgan fingerprint density at radius 1 is 1.10 bits per heavy atom. The Morgan fingerprint density at radius 2 is 1.87 bits per heavy atom. The second-order valence-electron chi connectivity index (χ2n) is 7.33. The van der Waals surface area contributed by atoms with Gasteiger partial charge in [-0.2, -0.15) is 11.3 Å². The fraction of sp³-hybridized carbons (Fsp3) is 0.273. The number of imidazole rings is 1. The maximum Gasteiger partial charge on any atom is 0.333 e. The third-order valence-corrected chi connectivity index (χ3v) is 5.96. The monoisotopic (exact) mass is 437 g/mol. The van der Waals surface area contributed by atoms with E-state index in [1.54, 1.807) is 29.3 Å². The van der Waals surface area contributed by atoms with Crippen molar-refractivity contribution in [1.29, 1.82) is 0 Å². The third kappa shape index (κ3) is 4.09. The Bertz CT molecular complexity index is 1320. The number of benzene rings is 1. The van der Waals surface area contributed by atoms with Crippen LogP contribution >= 0.6 is 11.3 Å². The van der Waals surface area contributed by atoms with Crippen molar-refractivity contribution in [2.24, 2.45) is 0 Å². The van der Waals surface area contributed by atoms with Crippen LogP contribution < -0.4 is 11.2 Å². The zero-order valence-electron chi connectivity index (χ0n) is 17.4. The summed E-state index contributed by atoms with van der Waals surface area (Å²) < 4.78 is 4.19. The van der Waals surface area contributed by atoms with Gasteiger partial charge in [-0.1, -0.05) is 30.3 Å². The van der Waals surface area contributed by atoms with Gasteiger partial charge in [-0.25, -0.2) is 14.3 Å². The van der Waals surface area contributed by atoms with Crippen molar-refractivity contribution in [2.45, 2.75) is 33.1 Å². The van der Waals surface area contributed by atoms with E-state index in [0.717, 1.165) is 15.7 Å². The number of fused-ring (bicyclic) bond motifs is 1. The highest BCUT2D eigenvalue weighted by Gasteiger charge is 2.21. The molecule has 0 fully saturated rings. The Morgan fingerprint density at radius 3 is 2.55 bits per heavy atom. The van der Waals surface area contributed by atoms with Crippen LogP contribution in [0.1, 0.15) is 18.1 Å². The molecule has 160 valence electrons. The van der Waals surface area contributed by atoms with E-state index >= 15 is 0 Å². The molecule has 0 saturated carbocycles. The lowest BCUT2D eigenvalue weighted by molar-refractivity contribution is -0.131. The van der Waals surface area contributed by atoms with Crippen LogP contribution in [0.2, 0.25) is 0 Å². The first-order valence-electron chi connectivity index (χ1n) is 9.97. The lowest BCUT2D eigenvalue weighted by Crippen LogP contribution is -2.44. The zero-order valence-corrected chi connectivity index (χ0v) is 18.2. The normalized spacial score (nSPS) is 11.2. The summed E-state index contributed by atoms with van der Waals surface area (Å²) in [5.41, 5.74) is 1.53. The molecule has 1 amide bonds. The SMILES string of the molecule is CCn1cnc2c1c(=O)n(CC(=O)N(C)Cc1ccsc1)c(=O)n2Cc1ccccc1. The van der Waals surface area contributed by atoms with Gasteiger partial charge in [0.05, 0.1) is 12.9 Å². The van der Waals surface area contributed by atoms with Crippen LogP contribution in [0.3, 0.4) is 0 Å². The minimum Gasteiger partial charge on any atom is -0.340 e. The fourth-order valence-electron chi connectivity index (χ4n) is 3.53. The number of amides is 1. The predicted molar refractivity (Wildman–Crippen MR) is 120 cm³/mol. The summed E-state index contributed by atoms with van der Waals surface area (Å²) in [4.78, 5) is 45.2. The van der Waals surface area contributed by atoms with Crippen LogP contribution in [-0.2, 0) is 31.0 Å². The molecule has 1 aromatic carbocycles. The highest BCUT2D eigenvalue weighted by Crippen LogP contribution is 2.11. The van der Waals surface area contributed by atoms with E-state index in [4.69, 9.17) is 0 Å². The molecule has 4 rings (SSSR count). The first-order valence-corrected chi connectivity index (χ1v) is 10.9. The second kappa shape index (κ2) is 8.73. The number of nitrogens with zero attached hydrogens (tertiary/aromatic N) is 5. The molecule has 31 heavy (non-hydrogen) atoms. The van der Waals surface area contributed by atoms with Crippen molar-refractivity contribution in [1.82, 2.24) is 23.6 Å². The quantitative estimate of drug-likeness (QED) is 0.444. The van der Waals surface area contributed by atoms with Crippen LogP contribution in [0.25, 0.3) is 11.2 Å². The van der Waals surface area contributed by atoms with Crippen molar-refractivity contribution in [3.8, 4) is 0 Å². The number of thiophene rings is 1. The topological polar surface area (TPSA) is 82.1 Å². The molecule has 9 heteroatoms. The molecule has 0 aliphatic heterocycles. The van der Waals surface area contributed by atoms with E-state index in [0.29, 0.717) is 24.3 Å². The number of carbonyl (C=O) groups is 1. The van der Waals surface area contributed by atoms with Crippen LogP contribution in [0, 0.1) is 0 Å². The standard InChI is InChI=1S/C22H23N5O3S/c1-3-25-15-23-20-19(25)21(29)27(13-18(28)24(2)11-17-9-10-31-14-17)22(30)26(20)12-16-7-5-4-6-8-16/h4-10,14-15H,3,11-13H2,1-2H3. The Labute approximate surface area is 182 Å². The molecule has 0 unspecified atom stereocenters. The summed E-state index contributed by atoms with van der Waals surface area (Å²) in [5.74, 6) is -0.307. The van der Waals surface area contributed by atoms with Gasteiger partial charge in [0.25, 0.3) is 5.56 Å². The molecule has 4 aromatic rings. The number of aromatic nitrogens is 4. The maximum atomic E-state index is 13.3. The van der Waals surface area contributed by atoms with Crippen molar-refractivity contribution >= 4 is 28.4 Å². The molecule has 0 spiro atoms. The smallest absolute Gasteiger partial charge is 0.333 e. The Balaban J connectivity index is 1.76. The van der Waals surface area contributed by atoms with E-state index in [-0.39, 0.29) is 19.0 Å². The molecule has 3 aromatic heterocycles. The summed E-state index contributed by atoms with van der Waals surface area (Å²) in [7, 11) is 1.67. The number of hydrogen-bond donors (Lipinski definition) is 0. The minimum atomic E-state index is -0.542. The van der Waals surface area contributed by atoms with Crippen LogP contribution in [-0.4, -0.2) is 36.5 Å². The average Bonchev–Trinajstić information content (AvgIpc) is 3.44. The highest BCUT2D eigenvalue weighted by atomic mass is 32.1. The van der Waals surface area contributed by atoms with E-state index in [1.807, 2.05) is 54.1 Å². The molecule has 0 saturated heterocycles. The van der Waals surface area contributed by atoms with Gasteiger partial charge >= 0.3 is 5.69 Å². The molecule has 8 nitrogen and oxygen atoms in total. The highest BCUT2D eigenvalue weighted by molar-refractivity contribution is 7.07. The summed E-state index contributed by atoms with van der Waals surface area (Å²) in [6, 6.07) is 11.4. The first-order chi connectivity index (χ1) is 15.0. The second-order valence-corrected chi connectivity index (χ2v) is 8.11. The molecule has 0 atom stereocenters. The van der Waals surface area contributed by atoms with Gasteiger partial charge in [0.1, 0.15) is 6.54 Å². The molecule has 0 bridgehead atoms. The largest absolute Gasteiger partial charge is 0.340 e.